The Balaban J connectivity index is 2.15. The third-order valence-electron chi connectivity index (χ3n) is 3.52. The van der Waals surface area contributed by atoms with E-state index < -0.39 is 0 Å². The molecule has 2 heteroatoms. The largest absolute Gasteiger partial charge is 0.491 e. The van der Waals surface area contributed by atoms with Gasteiger partial charge in [0.2, 0.25) is 0 Å². The molecule has 3 rings (SSSR count). The first-order valence-corrected chi connectivity index (χ1v) is 7.26. The molecule has 0 unspecified atom stereocenters. The number of fused-ring (bicyclic) bond motifs is 1. The second-order valence-corrected chi connectivity index (χ2v) is 5.52. The smallest absolute Gasteiger partial charge is 0.121 e. The topological polar surface area (TPSA) is 22.1 Å². The summed E-state index contributed by atoms with van der Waals surface area (Å²) in [6.45, 7) is 6.20. The Morgan fingerprint density at radius 2 is 1.76 bits per heavy atom. The van der Waals surface area contributed by atoms with Crippen molar-refractivity contribution < 1.29 is 4.74 Å². The van der Waals surface area contributed by atoms with Gasteiger partial charge in [-0.15, -0.1) is 0 Å². The van der Waals surface area contributed by atoms with Gasteiger partial charge in [0.1, 0.15) is 5.75 Å². The summed E-state index contributed by atoms with van der Waals surface area (Å²) < 4.78 is 5.75. The van der Waals surface area contributed by atoms with Crippen molar-refractivity contribution in [3.63, 3.8) is 0 Å². The molecule has 21 heavy (non-hydrogen) atoms. The van der Waals surface area contributed by atoms with Crippen molar-refractivity contribution in [3.05, 3.63) is 60.3 Å². The van der Waals surface area contributed by atoms with Crippen LogP contribution in [0.5, 0.6) is 5.75 Å². The highest BCUT2D eigenvalue weighted by Crippen LogP contribution is 2.31. The van der Waals surface area contributed by atoms with Gasteiger partial charge in [-0.25, -0.2) is 0 Å². The van der Waals surface area contributed by atoms with Crippen molar-refractivity contribution in [3.8, 4) is 16.9 Å². The zero-order valence-corrected chi connectivity index (χ0v) is 12.6. The minimum Gasteiger partial charge on any atom is -0.491 e. The SMILES string of the molecule is Cc1ccccc1-c1ccnc2cc(OC(C)C)ccc12. The van der Waals surface area contributed by atoms with E-state index in [-0.39, 0.29) is 6.10 Å². The molecule has 0 atom stereocenters. The third-order valence-corrected chi connectivity index (χ3v) is 3.52. The molecule has 1 heterocycles. The van der Waals surface area contributed by atoms with Crippen LogP contribution >= 0.6 is 0 Å². The van der Waals surface area contributed by atoms with E-state index in [2.05, 4.69) is 48.3 Å². The van der Waals surface area contributed by atoms with Crippen LogP contribution in [0.3, 0.4) is 0 Å². The number of hydrogen-bond acceptors (Lipinski definition) is 2. The van der Waals surface area contributed by atoms with Gasteiger partial charge in [-0.05, 0) is 55.7 Å². The molecule has 0 aliphatic rings. The van der Waals surface area contributed by atoms with Gasteiger partial charge >= 0.3 is 0 Å². The molecule has 0 fully saturated rings. The molecule has 0 saturated heterocycles. The maximum Gasteiger partial charge on any atom is 0.121 e. The first-order valence-electron chi connectivity index (χ1n) is 7.26. The minimum absolute atomic E-state index is 0.169. The molecule has 106 valence electrons. The van der Waals surface area contributed by atoms with Crippen LogP contribution in [0.4, 0.5) is 0 Å². The van der Waals surface area contributed by atoms with Crippen molar-refractivity contribution in [2.24, 2.45) is 0 Å². The van der Waals surface area contributed by atoms with Gasteiger partial charge in [0.25, 0.3) is 0 Å². The van der Waals surface area contributed by atoms with Crippen molar-refractivity contribution in [1.82, 2.24) is 4.98 Å². The molecule has 0 amide bonds. The fourth-order valence-electron chi connectivity index (χ4n) is 2.58. The van der Waals surface area contributed by atoms with Crippen LogP contribution in [0.2, 0.25) is 0 Å². The van der Waals surface area contributed by atoms with Crippen molar-refractivity contribution >= 4 is 10.9 Å². The Hall–Kier alpha value is -2.35. The molecule has 0 aliphatic carbocycles. The van der Waals surface area contributed by atoms with E-state index in [1.807, 2.05) is 32.2 Å². The summed E-state index contributed by atoms with van der Waals surface area (Å²) in [6, 6.07) is 16.6. The van der Waals surface area contributed by atoms with E-state index >= 15 is 0 Å². The lowest BCUT2D eigenvalue weighted by Gasteiger charge is -2.12. The Labute approximate surface area is 125 Å². The molecule has 2 aromatic carbocycles. The molecule has 0 N–H and O–H groups in total. The lowest BCUT2D eigenvalue weighted by atomic mass is 9.97. The summed E-state index contributed by atoms with van der Waals surface area (Å²) in [4.78, 5) is 4.48. The number of aromatic nitrogens is 1. The highest BCUT2D eigenvalue weighted by Gasteiger charge is 2.08. The fraction of sp³-hybridized carbons (Fsp3) is 0.211. The molecule has 0 bridgehead atoms. The maximum atomic E-state index is 5.75. The molecule has 1 aromatic heterocycles. The molecule has 0 radical (unpaired) electrons. The predicted molar refractivity (Wildman–Crippen MR) is 87.7 cm³/mol. The molecular weight excluding hydrogens is 258 g/mol. The number of ether oxygens (including phenoxy) is 1. The van der Waals surface area contributed by atoms with Crippen LogP contribution in [-0.4, -0.2) is 11.1 Å². The quantitative estimate of drug-likeness (QED) is 0.672. The Morgan fingerprint density at radius 1 is 0.952 bits per heavy atom. The van der Waals surface area contributed by atoms with Crippen molar-refractivity contribution in [1.29, 1.82) is 0 Å². The highest BCUT2D eigenvalue weighted by atomic mass is 16.5. The molecule has 0 aliphatic heterocycles. The third kappa shape index (κ3) is 2.75. The van der Waals surface area contributed by atoms with Gasteiger partial charge in [0.15, 0.2) is 0 Å². The fourth-order valence-corrected chi connectivity index (χ4v) is 2.58. The number of nitrogens with zero attached hydrogens (tertiary/aromatic N) is 1. The first kappa shape index (κ1) is 13.6. The summed E-state index contributed by atoms with van der Waals surface area (Å²) >= 11 is 0. The summed E-state index contributed by atoms with van der Waals surface area (Å²) in [7, 11) is 0. The van der Waals surface area contributed by atoms with Crippen LogP contribution in [0, 0.1) is 6.92 Å². The van der Waals surface area contributed by atoms with E-state index in [0.717, 1.165) is 16.7 Å². The molecule has 2 nitrogen and oxygen atoms in total. The predicted octanol–water partition coefficient (Wildman–Crippen LogP) is 5.00. The minimum atomic E-state index is 0.169. The van der Waals surface area contributed by atoms with E-state index in [4.69, 9.17) is 4.74 Å². The van der Waals surface area contributed by atoms with E-state index in [0.29, 0.717) is 0 Å². The van der Waals surface area contributed by atoms with Gasteiger partial charge in [-0.1, -0.05) is 24.3 Å². The van der Waals surface area contributed by atoms with Crippen molar-refractivity contribution in [2.45, 2.75) is 26.9 Å². The number of aryl methyl sites for hydroxylation is 1. The number of benzene rings is 2. The molecular formula is C19H19NO. The van der Waals surface area contributed by atoms with E-state index in [1.54, 1.807) is 0 Å². The maximum absolute atomic E-state index is 5.75. The molecule has 3 aromatic rings. The number of rotatable bonds is 3. The monoisotopic (exact) mass is 277 g/mol. The normalized spacial score (nSPS) is 11.0. The van der Waals surface area contributed by atoms with Gasteiger partial charge < -0.3 is 4.74 Å². The van der Waals surface area contributed by atoms with Gasteiger partial charge in [-0.2, -0.15) is 0 Å². The summed E-state index contributed by atoms with van der Waals surface area (Å²) in [6.07, 6.45) is 2.03. The van der Waals surface area contributed by atoms with Gasteiger partial charge in [0, 0.05) is 17.6 Å². The average molecular weight is 277 g/mol. The molecule has 0 saturated carbocycles. The van der Waals surface area contributed by atoms with E-state index in [1.165, 1.54) is 16.7 Å². The number of hydrogen-bond donors (Lipinski definition) is 0. The average Bonchev–Trinajstić information content (AvgIpc) is 2.46. The Kier molecular flexibility index (Phi) is 3.61. The standard InChI is InChI=1S/C19H19NO/c1-13(2)21-15-8-9-18-17(10-11-20-19(18)12-15)16-7-5-4-6-14(16)3/h4-13H,1-3H3. The van der Waals surface area contributed by atoms with Gasteiger partial charge in [-0.3, -0.25) is 4.98 Å². The van der Waals surface area contributed by atoms with Gasteiger partial charge in [0.05, 0.1) is 11.6 Å². The van der Waals surface area contributed by atoms with Crippen LogP contribution in [0.25, 0.3) is 22.0 Å². The van der Waals surface area contributed by atoms with E-state index in [9.17, 15) is 0 Å². The lowest BCUT2D eigenvalue weighted by molar-refractivity contribution is 0.242. The van der Waals surface area contributed by atoms with Crippen LogP contribution in [-0.2, 0) is 0 Å². The zero-order chi connectivity index (χ0) is 14.8. The second-order valence-electron chi connectivity index (χ2n) is 5.52. The summed E-state index contributed by atoms with van der Waals surface area (Å²) in [5, 5.41) is 1.16. The Bertz CT molecular complexity index is 777. The zero-order valence-electron chi connectivity index (χ0n) is 12.6. The second kappa shape index (κ2) is 5.57. The molecule has 0 spiro atoms. The first-order chi connectivity index (χ1) is 10.1. The summed E-state index contributed by atoms with van der Waals surface area (Å²) in [5.41, 5.74) is 4.71. The number of pyridine rings is 1. The highest BCUT2D eigenvalue weighted by molar-refractivity contribution is 5.95. The van der Waals surface area contributed by atoms with Crippen molar-refractivity contribution in [2.75, 3.05) is 0 Å². The lowest BCUT2D eigenvalue weighted by Crippen LogP contribution is -2.05. The van der Waals surface area contributed by atoms with Crippen LogP contribution in [0.15, 0.2) is 54.7 Å². The Morgan fingerprint density at radius 3 is 2.52 bits per heavy atom. The summed E-state index contributed by atoms with van der Waals surface area (Å²) in [5.74, 6) is 0.868. The van der Waals surface area contributed by atoms with Crippen LogP contribution in [0.1, 0.15) is 19.4 Å². The van der Waals surface area contributed by atoms with Crippen LogP contribution < -0.4 is 4.74 Å².